The maximum atomic E-state index is 12.5. The Bertz CT molecular complexity index is 611. The molecule has 0 bridgehead atoms. The molecule has 0 aliphatic heterocycles. The van der Waals surface area contributed by atoms with Crippen LogP contribution in [0.25, 0.3) is 0 Å². The van der Waals surface area contributed by atoms with Gasteiger partial charge in [-0.15, -0.1) is 0 Å². The van der Waals surface area contributed by atoms with Crippen LogP contribution in [0.1, 0.15) is 18.4 Å². The summed E-state index contributed by atoms with van der Waals surface area (Å²) >= 11 is 6.04. The molecule has 0 unspecified atom stereocenters. The zero-order valence-corrected chi connectivity index (χ0v) is 11.8. The number of halogens is 1. The van der Waals surface area contributed by atoms with E-state index in [-0.39, 0.29) is 11.8 Å². The second-order valence-corrected chi connectivity index (χ2v) is 5.48. The normalized spacial score (nSPS) is 14.1. The van der Waals surface area contributed by atoms with Gasteiger partial charge in [0.05, 0.1) is 6.54 Å². The molecule has 20 heavy (non-hydrogen) atoms. The fraction of sp³-hybridized carbons (Fsp3) is 0.250. The largest absolute Gasteiger partial charge is 0.308 e. The number of nitrogens with zero attached hydrogens (tertiary/aromatic N) is 2. The number of rotatable bonds is 4. The Balaban J connectivity index is 1.89. The molecule has 0 spiro atoms. The summed E-state index contributed by atoms with van der Waals surface area (Å²) < 4.78 is 0. The summed E-state index contributed by atoms with van der Waals surface area (Å²) in [5, 5.41) is 0.641. The average molecular weight is 287 g/mol. The van der Waals surface area contributed by atoms with Gasteiger partial charge >= 0.3 is 0 Å². The van der Waals surface area contributed by atoms with Gasteiger partial charge in [0.25, 0.3) is 0 Å². The molecule has 0 radical (unpaired) electrons. The molecular weight excluding hydrogens is 272 g/mol. The van der Waals surface area contributed by atoms with Crippen LogP contribution < -0.4 is 4.90 Å². The lowest BCUT2D eigenvalue weighted by molar-refractivity contribution is -0.119. The van der Waals surface area contributed by atoms with E-state index in [1.807, 2.05) is 36.4 Å². The first kappa shape index (κ1) is 13.1. The molecule has 1 aliphatic carbocycles. The van der Waals surface area contributed by atoms with Crippen molar-refractivity contribution in [2.75, 3.05) is 4.90 Å². The van der Waals surface area contributed by atoms with E-state index < -0.39 is 0 Å². The lowest BCUT2D eigenvalue weighted by Crippen LogP contribution is -2.31. The SMILES string of the molecule is O=C(C1CC1)N(Cc1cccnc1)c1cccc(Cl)c1. The highest BCUT2D eigenvalue weighted by Crippen LogP contribution is 2.34. The fourth-order valence-electron chi connectivity index (χ4n) is 2.17. The van der Waals surface area contributed by atoms with Crippen molar-refractivity contribution in [3.8, 4) is 0 Å². The van der Waals surface area contributed by atoms with Crippen LogP contribution in [0.4, 0.5) is 5.69 Å². The van der Waals surface area contributed by atoms with Crippen molar-refractivity contribution < 1.29 is 4.79 Å². The smallest absolute Gasteiger partial charge is 0.230 e. The van der Waals surface area contributed by atoms with Crippen molar-refractivity contribution in [1.29, 1.82) is 0 Å². The summed E-state index contributed by atoms with van der Waals surface area (Å²) in [4.78, 5) is 18.4. The molecular formula is C16H15ClN2O. The van der Waals surface area contributed by atoms with Gasteiger partial charge in [-0.1, -0.05) is 23.7 Å². The minimum absolute atomic E-state index is 0.172. The summed E-state index contributed by atoms with van der Waals surface area (Å²) in [5.41, 5.74) is 1.86. The van der Waals surface area contributed by atoms with Crippen molar-refractivity contribution in [3.05, 3.63) is 59.4 Å². The van der Waals surface area contributed by atoms with E-state index in [2.05, 4.69) is 4.98 Å². The molecule has 0 N–H and O–H groups in total. The third kappa shape index (κ3) is 2.99. The first-order valence-corrected chi connectivity index (χ1v) is 7.08. The van der Waals surface area contributed by atoms with Crippen molar-refractivity contribution in [3.63, 3.8) is 0 Å². The van der Waals surface area contributed by atoms with Gasteiger partial charge in [0.1, 0.15) is 0 Å². The van der Waals surface area contributed by atoms with E-state index in [0.717, 1.165) is 24.1 Å². The number of hydrogen-bond acceptors (Lipinski definition) is 2. The van der Waals surface area contributed by atoms with Crippen LogP contribution in [0.3, 0.4) is 0 Å². The first-order chi connectivity index (χ1) is 9.74. The molecule has 1 aliphatic rings. The van der Waals surface area contributed by atoms with E-state index in [1.165, 1.54) is 0 Å². The van der Waals surface area contributed by atoms with Crippen molar-refractivity contribution in [2.24, 2.45) is 5.92 Å². The number of benzene rings is 1. The van der Waals surface area contributed by atoms with Gasteiger partial charge in [0, 0.05) is 29.0 Å². The van der Waals surface area contributed by atoms with E-state index in [4.69, 9.17) is 11.6 Å². The second-order valence-electron chi connectivity index (χ2n) is 5.04. The molecule has 1 aromatic carbocycles. The second kappa shape index (κ2) is 5.63. The Labute approximate surface area is 123 Å². The van der Waals surface area contributed by atoms with E-state index >= 15 is 0 Å². The highest BCUT2D eigenvalue weighted by molar-refractivity contribution is 6.30. The van der Waals surface area contributed by atoms with Gasteiger partial charge in [0.15, 0.2) is 0 Å². The van der Waals surface area contributed by atoms with Crippen LogP contribution >= 0.6 is 11.6 Å². The molecule has 102 valence electrons. The highest BCUT2D eigenvalue weighted by atomic mass is 35.5. The monoisotopic (exact) mass is 286 g/mol. The van der Waals surface area contributed by atoms with Crippen LogP contribution in [0.2, 0.25) is 5.02 Å². The van der Waals surface area contributed by atoms with Crippen LogP contribution in [0, 0.1) is 5.92 Å². The first-order valence-electron chi connectivity index (χ1n) is 6.70. The standard InChI is InChI=1S/C16H15ClN2O/c17-14-4-1-5-15(9-14)19(16(20)13-6-7-13)11-12-3-2-8-18-10-12/h1-5,8-10,13H,6-7,11H2. The number of amides is 1. The summed E-state index contributed by atoms with van der Waals surface area (Å²) in [6.45, 7) is 0.531. The van der Waals surface area contributed by atoms with Crippen LogP contribution in [0.5, 0.6) is 0 Å². The lowest BCUT2D eigenvalue weighted by Gasteiger charge is -2.23. The molecule has 3 rings (SSSR count). The van der Waals surface area contributed by atoms with Gasteiger partial charge in [-0.25, -0.2) is 0 Å². The highest BCUT2D eigenvalue weighted by Gasteiger charge is 2.34. The summed E-state index contributed by atoms with van der Waals surface area (Å²) in [5.74, 6) is 0.349. The van der Waals surface area contributed by atoms with Crippen molar-refractivity contribution in [1.82, 2.24) is 4.98 Å². The number of carbonyl (C=O) groups excluding carboxylic acids is 1. The Morgan fingerprint density at radius 1 is 1.30 bits per heavy atom. The quantitative estimate of drug-likeness (QED) is 0.859. The Kier molecular flexibility index (Phi) is 3.70. The van der Waals surface area contributed by atoms with Gasteiger partial charge in [0.2, 0.25) is 5.91 Å². The number of aromatic nitrogens is 1. The van der Waals surface area contributed by atoms with Crippen LogP contribution in [-0.4, -0.2) is 10.9 Å². The summed E-state index contributed by atoms with van der Waals surface area (Å²) in [7, 11) is 0. The number of hydrogen-bond donors (Lipinski definition) is 0. The maximum Gasteiger partial charge on any atom is 0.230 e. The minimum Gasteiger partial charge on any atom is -0.308 e. The number of carbonyl (C=O) groups is 1. The summed E-state index contributed by atoms with van der Waals surface area (Å²) in [6, 6.07) is 11.3. The maximum absolute atomic E-state index is 12.5. The zero-order valence-electron chi connectivity index (χ0n) is 11.0. The molecule has 4 heteroatoms. The molecule has 3 nitrogen and oxygen atoms in total. The number of anilines is 1. The van der Waals surface area contributed by atoms with Gasteiger partial charge in [-0.2, -0.15) is 0 Å². The molecule has 1 amide bonds. The summed E-state index contributed by atoms with van der Waals surface area (Å²) in [6.07, 6.45) is 5.50. The molecule has 0 atom stereocenters. The fourth-order valence-corrected chi connectivity index (χ4v) is 2.35. The molecule has 1 aromatic heterocycles. The zero-order chi connectivity index (χ0) is 13.9. The van der Waals surface area contributed by atoms with E-state index in [0.29, 0.717) is 11.6 Å². The van der Waals surface area contributed by atoms with Gasteiger partial charge < -0.3 is 4.90 Å². The Morgan fingerprint density at radius 3 is 2.80 bits per heavy atom. The lowest BCUT2D eigenvalue weighted by atomic mass is 10.2. The molecule has 2 aromatic rings. The van der Waals surface area contributed by atoms with E-state index in [9.17, 15) is 4.79 Å². The van der Waals surface area contributed by atoms with Crippen LogP contribution in [0.15, 0.2) is 48.8 Å². The van der Waals surface area contributed by atoms with Gasteiger partial charge in [-0.05, 0) is 42.7 Å². The Morgan fingerprint density at radius 2 is 2.15 bits per heavy atom. The topological polar surface area (TPSA) is 33.2 Å². The van der Waals surface area contributed by atoms with Crippen LogP contribution in [-0.2, 0) is 11.3 Å². The Hall–Kier alpha value is -1.87. The molecule has 1 fully saturated rings. The third-order valence-electron chi connectivity index (χ3n) is 3.38. The molecule has 1 heterocycles. The number of pyridine rings is 1. The molecule has 0 saturated heterocycles. The predicted octanol–water partition coefficient (Wildman–Crippen LogP) is 3.68. The van der Waals surface area contributed by atoms with Gasteiger partial charge in [-0.3, -0.25) is 9.78 Å². The average Bonchev–Trinajstić information content (AvgIpc) is 3.30. The molecule has 1 saturated carbocycles. The minimum atomic E-state index is 0.172. The third-order valence-corrected chi connectivity index (χ3v) is 3.61. The predicted molar refractivity (Wildman–Crippen MR) is 79.6 cm³/mol. The van der Waals surface area contributed by atoms with E-state index in [1.54, 1.807) is 17.3 Å². The van der Waals surface area contributed by atoms with Crippen molar-refractivity contribution in [2.45, 2.75) is 19.4 Å². The van der Waals surface area contributed by atoms with Crippen molar-refractivity contribution >= 4 is 23.2 Å².